The zero-order valence-electron chi connectivity index (χ0n) is 20.6. The van der Waals surface area contributed by atoms with Crippen molar-refractivity contribution in [2.45, 2.75) is 13.5 Å². The summed E-state index contributed by atoms with van der Waals surface area (Å²) in [5, 5.41) is 11.7. The maximum absolute atomic E-state index is 12.9. The van der Waals surface area contributed by atoms with E-state index in [1.807, 2.05) is 13.0 Å². The Balaban J connectivity index is 1.42. The highest BCUT2D eigenvalue weighted by Crippen LogP contribution is 2.38. The SMILES string of the molecule is CCOc1ccc(NC(=O)CN2C(=O)S/C(=C/c3cc(Cl)c(OCc4ccccc4C#N)c(Br)c3)C2=O)cc1. The van der Waals surface area contributed by atoms with E-state index in [0.717, 1.165) is 16.7 Å². The Morgan fingerprint density at radius 1 is 1.15 bits per heavy atom. The molecule has 8 nitrogen and oxygen atoms in total. The molecular formula is C28H21BrClN3O5S. The van der Waals surface area contributed by atoms with Crippen LogP contribution >= 0.6 is 39.3 Å². The van der Waals surface area contributed by atoms with Crippen LogP contribution in [-0.4, -0.2) is 35.1 Å². The van der Waals surface area contributed by atoms with Gasteiger partial charge in [-0.25, -0.2) is 0 Å². The molecule has 1 heterocycles. The average molecular weight is 627 g/mol. The van der Waals surface area contributed by atoms with Crippen LogP contribution in [0.5, 0.6) is 11.5 Å². The molecule has 3 aromatic rings. The second kappa shape index (κ2) is 12.8. The van der Waals surface area contributed by atoms with Crippen molar-refractivity contribution >= 4 is 68.1 Å². The fraction of sp³-hybridized carbons (Fsp3) is 0.143. The quantitative estimate of drug-likeness (QED) is 0.266. The molecule has 0 spiro atoms. The van der Waals surface area contributed by atoms with E-state index < -0.39 is 23.6 Å². The zero-order chi connectivity index (χ0) is 27.9. The van der Waals surface area contributed by atoms with E-state index in [1.54, 1.807) is 54.6 Å². The molecule has 0 bridgehead atoms. The number of hydrogen-bond donors (Lipinski definition) is 1. The highest BCUT2D eigenvalue weighted by atomic mass is 79.9. The van der Waals surface area contributed by atoms with Gasteiger partial charge in [-0.3, -0.25) is 19.3 Å². The van der Waals surface area contributed by atoms with Crippen LogP contribution in [0, 0.1) is 11.3 Å². The molecule has 0 atom stereocenters. The predicted octanol–water partition coefficient (Wildman–Crippen LogP) is 6.63. The number of carbonyl (C=O) groups excluding carboxylic acids is 3. The maximum atomic E-state index is 12.9. The van der Waals surface area contributed by atoms with Gasteiger partial charge in [0, 0.05) is 11.3 Å². The predicted molar refractivity (Wildman–Crippen MR) is 154 cm³/mol. The first kappa shape index (κ1) is 28.2. The van der Waals surface area contributed by atoms with Crippen LogP contribution < -0.4 is 14.8 Å². The molecule has 4 rings (SSSR count). The number of benzene rings is 3. The summed E-state index contributed by atoms with van der Waals surface area (Å²) in [6.07, 6.45) is 1.53. The molecule has 0 radical (unpaired) electrons. The lowest BCUT2D eigenvalue weighted by atomic mass is 10.1. The maximum Gasteiger partial charge on any atom is 0.294 e. The largest absolute Gasteiger partial charge is 0.494 e. The Morgan fingerprint density at radius 2 is 1.90 bits per heavy atom. The smallest absolute Gasteiger partial charge is 0.294 e. The molecule has 1 N–H and O–H groups in total. The first-order valence-electron chi connectivity index (χ1n) is 11.7. The molecular weight excluding hydrogens is 606 g/mol. The number of nitriles is 1. The summed E-state index contributed by atoms with van der Waals surface area (Å²) in [4.78, 5) is 39.0. The van der Waals surface area contributed by atoms with E-state index in [-0.39, 0.29) is 16.5 Å². The minimum absolute atomic E-state index is 0.138. The molecule has 0 aliphatic carbocycles. The van der Waals surface area contributed by atoms with Crippen molar-refractivity contribution in [3.63, 3.8) is 0 Å². The third-order valence-corrected chi connectivity index (χ3v) is 7.23. The standard InChI is InChI=1S/C28H21BrClN3O5S/c1-2-37-21-9-7-20(8-10-21)32-25(34)15-33-27(35)24(39-28(33)36)13-17-11-22(29)26(23(30)12-17)38-16-19-6-4-3-5-18(19)14-31/h3-13H,2,15-16H2,1H3,(H,32,34)/b24-13+. The fourth-order valence-electron chi connectivity index (χ4n) is 3.64. The van der Waals surface area contributed by atoms with E-state index in [4.69, 9.17) is 21.1 Å². The first-order chi connectivity index (χ1) is 18.8. The van der Waals surface area contributed by atoms with Crippen LogP contribution in [0.3, 0.4) is 0 Å². The first-order valence-corrected chi connectivity index (χ1v) is 13.7. The molecule has 0 unspecified atom stereocenters. The van der Waals surface area contributed by atoms with E-state index in [9.17, 15) is 19.6 Å². The van der Waals surface area contributed by atoms with Gasteiger partial charge in [-0.2, -0.15) is 5.26 Å². The average Bonchev–Trinajstić information content (AvgIpc) is 3.16. The zero-order valence-corrected chi connectivity index (χ0v) is 23.7. The summed E-state index contributed by atoms with van der Waals surface area (Å²) in [7, 11) is 0. The highest BCUT2D eigenvalue weighted by Gasteiger charge is 2.36. The second-order valence-electron chi connectivity index (χ2n) is 8.14. The number of amides is 3. The van der Waals surface area contributed by atoms with Crippen molar-refractivity contribution in [2.24, 2.45) is 0 Å². The number of carbonyl (C=O) groups is 3. The van der Waals surface area contributed by atoms with Gasteiger partial charge in [-0.15, -0.1) is 0 Å². The van der Waals surface area contributed by atoms with Crippen LogP contribution in [0.25, 0.3) is 6.08 Å². The molecule has 3 aromatic carbocycles. The lowest BCUT2D eigenvalue weighted by molar-refractivity contribution is -0.127. The third-order valence-electron chi connectivity index (χ3n) is 5.45. The number of anilines is 1. The number of nitrogens with one attached hydrogen (secondary N) is 1. The molecule has 0 saturated carbocycles. The number of nitrogens with zero attached hydrogens (tertiary/aromatic N) is 2. The summed E-state index contributed by atoms with van der Waals surface area (Å²) < 4.78 is 11.8. The van der Waals surface area contributed by atoms with Crippen molar-refractivity contribution in [2.75, 3.05) is 18.5 Å². The van der Waals surface area contributed by atoms with Gasteiger partial charge in [-0.05, 0) is 88.7 Å². The molecule has 3 amide bonds. The van der Waals surface area contributed by atoms with Gasteiger partial charge in [-0.1, -0.05) is 29.8 Å². The van der Waals surface area contributed by atoms with Crippen LogP contribution in [0.15, 0.2) is 70.0 Å². The van der Waals surface area contributed by atoms with Crippen molar-refractivity contribution in [1.29, 1.82) is 5.26 Å². The second-order valence-corrected chi connectivity index (χ2v) is 10.4. The topological polar surface area (TPSA) is 109 Å². The minimum Gasteiger partial charge on any atom is -0.494 e. The van der Waals surface area contributed by atoms with Gasteiger partial charge >= 0.3 is 0 Å². The summed E-state index contributed by atoms with van der Waals surface area (Å²) in [5.41, 5.74) is 2.29. The number of imide groups is 1. The van der Waals surface area contributed by atoms with Crippen LogP contribution in [-0.2, 0) is 16.2 Å². The van der Waals surface area contributed by atoms with E-state index in [1.165, 1.54) is 6.08 Å². The number of hydrogen-bond acceptors (Lipinski definition) is 7. The Morgan fingerprint density at radius 3 is 2.59 bits per heavy atom. The van der Waals surface area contributed by atoms with Crippen molar-refractivity contribution in [3.05, 3.63) is 91.8 Å². The molecule has 1 aliphatic heterocycles. The highest BCUT2D eigenvalue weighted by molar-refractivity contribution is 9.10. The van der Waals surface area contributed by atoms with Crippen LogP contribution in [0.1, 0.15) is 23.6 Å². The fourth-order valence-corrected chi connectivity index (χ4v) is 5.47. The molecule has 1 saturated heterocycles. The Hall–Kier alpha value is -3.78. The van der Waals surface area contributed by atoms with Gasteiger partial charge in [0.1, 0.15) is 18.9 Å². The summed E-state index contributed by atoms with van der Waals surface area (Å²) in [6, 6.07) is 19.3. The summed E-state index contributed by atoms with van der Waals surface area (Å²) in [5.74, 6) is -0.0386. The number of thioether (sulfide) groups is 1. The van der Waals surface area contributed by atoms with Crippen molar-refractivity contribution in [1.82, 2.24) is 4.90 Å². The van der Waals surface area contributed by atoms with Crippen LogP contribution in [0.2, 0.25) is 5.02 Å². The lowest BCUT2D eigenvalue weighted by Gasteiger charge is -2.13. The van der Waals surface area contributed by atoms with Gasteiger partial charge in [0.15, 0.2) is 5.75 Å². The number of halogens is 2. The Kier molecular flexibility index (Phi) is 9.30. The lowest BCUT2D eigenvalue weighted by Crippen LogP contribution is -2.36. The van der Waals surface area contributed by atoms with Gasteiger partial charge < -0.3 is 14.8 Å². The van der Waals surface area contributed by atoms with Gasteiger partial charge in [0.2, 0.25) is 5.91 Å². The monoisotopic (exact) mass is 625 g/mol. The summed E-state index contributed by atoms with van der Waals surface area (Å²) in [6.45, 7) is 2.12. The molecule has 39 heavy (non-hydrogen) atoms. The van der Waals surface area contributed by atoms with E-state index in [2.05, 4.69) is 27.3 Å². The Bertz CT molecular complexity index is 1480. The van der Waals surface area contributed by atoms with E-state index in [0.29, 0.717) is 45.0 Å². The molecule has 198 valence electrons. The van der Waals surface area contributed by atoms with Crippen molar-refractivity contribution in [3.8, 4) is 17.6 Å². The molecule has 0 aromatic heterocycles. The van der Waals surface area contributed by atoms with Gasteiger partial charge in [0.25, 0.3) is 11.1 Å². The van der Waals surface area contributed by atoms with Crippen molar-refractivity contribution < 1.29 is 23.9 Å². The van der Waals surface area contributed by atoms with Crippen LogP contribution in [0.4, 0.5) is 10.5 Å². The number of ether oxygens (including phenoxy) is 2. The van der Waals surface area contributed by atoms with Gasteiger partial charge in [0.05, 0.1) is 32.6 Å². The number of rotatable bonds is 9. The molecule has 1 aliphatic rings. The van der Waals surface area contributed by atoms with E-state index >= 15 is 0 Å². The minimum atomic E-state index is -0.576. The summed E-state index contributed by atoms with van der Waals surface area (Å²) >= 11 is 10.6. The Labute approximate surface area is 242 Å². The normalized spacial score (nSPS) is 13.9. The third kappa shape index (κ3) is 7.00. The molecule has 11 heteroatoms. The molecule has 1 fully saturated rings.